The molecule has 1 aromatic heterocycles. The van der Waals surface area contributed by atoms with Crippen LogP contribution < -0.4 is 10.5 Å². The molecule has 0 amide bonds. The number of anilines is 1. The lowest BCUT2D eigenvalue weighted by Gasteiger charge is -2.16. The number of hydrogen-bond acceptors (Lipinski definition) is 6. The van der Waals surface area contributed by atoms with Crippen molar-refractivity contribution < 1.29 is 8.42 Å². The Balaban J connectivity index is 2.67. The quantitative estimate of drug-likeness (QED) is 0.815. The summed E-state index contributed by atoms with van der Waals surface area (Å²) in [6, 6.07) is -0.125. The van der Waals surface area contributed by atoms with E-state index in [1.54, 1.807) is 0 Å². The van der Waals surface area contributed by atoms with Gasteiger partial charge in [0.1, 0.15) is 0 Å². The van der Waals surface area contributed by atoms with E-state index in [1.165, 1.54) is 0 Å². The molecule has 1 heterocycles. The van der Waals surface area contributed by atoms with Crippen molar-refractivity contribution in [3.63, 3.8) is 0 Å². The zero-order chi connectivity index (χ0) is 13.1. The Morgan fingerprint density at radius 3 is 2.53 bits per heavy atom. The van der Waals surface area contributed by atoms with Crippen molar-refractivity contribution in [1.82, 2.24) is 14.9 Å². The van der Waals surface area contributed by atoms with Crippen LogP contribution >= 0.6 is 11.3 Å². The molecule has 6 nitrogen and oxygen atoms in total. The normalized spacial score (nSPS) is 15.7. The minimum absolute atomic E-state index is 0.0778. The zero-order valence-electron chi connectivity index (χ0n) is 10.2. The number of aromatic nitrogens is 2. The molecule has 1 aromatic rings. The molecule has 0 aliphatic carbocycles. The van der Waals surface area contributed by atoms with E-state index >= 15 is 0 Å². The SMILES string of the molecule is CCC(C)CC(C)NS(=O)(=O)c1nnc(N)s1. The van der Waals surface area contributed by atoms with Gasteiger partial charge in [0, 0.05) is 6.04 Å². The maximum atomic E-state index is 11.9. The molecule has 0 aromatic carbocycles. The molecule has 17 heavy (non-hydrogen) atoms. The van der Waals surface area contributed by atoms with Crippen molar-refractivity contribution in [2.45, 2.75) is 44.0 Å². The van der Waals surface area contributed by atoms with Crippen LogP contribution in [0.2, 0.25) is 0 Å². The number of rotatable bonds is 6. The summed E-state index contributed by atoms with van der Waals surface area (Å²) in [7, 11) is -3.58. The molecule has 0 bridgehead atoms. The van der Waals surface area contributed by atoms with E-state index in [0.29, 0.717) is 5.92 Å². The van der Waals surface area contributed by atoms with Crippen LogP contribution in [0.5, 0.6) is 0 Å². The Hall–Kier alpha value is -0.730. The lowest BCUT2D eigenvalue weighted by molar-refractivity contribution is 0.445. The summed E-state index contributed by atoms with van der Waals surface area (Å²) >= 11 is 0.866. The molecule has 1 rings (SSSR count). The molecule has 2 unspecified atom stereocenters. The smallest absolute Gasteiger partial charge is 0.270 e. The first-order valence-corrected chi connectivity index (χ1v) is 7.76. The molecule has 0 aliphatic rings. The minimum Gasteiger partial charge on any atom is -0.374 e. The Morgan fingerprint density at radius 1 is 1.41 bits per heavy atom. The van der Waals surface area contributed by atoms with E-state index in [2.05, 4.69) is 28.8 Å². The summed E-state index contributed by atoms with van der Waals surface area (Å²) in [5.74, 6) is 0.479. The third kappa shape index (κ3) is 4.21. The monoisotopic (exact) mass is 278 g/mol. The number of nitrogens with one attached hydrogen (secondary N) is 1. The van der Waals surface area contributed by atoms with Gasteiger partial charge < -0.3 is 5.73 Å². The van der Waals surface area contributed by atoms with E-state index in [4.69, 9.17) is 5.73 Å². The van der Waals surface area contributed by atoms with Gasteiger partial charge in [-0.15, -0.1) is 10.2 Å². The maximum Gasteiger partial charge on any atom is 0.270 e. The van der Waals surface area contributed by atoms with Gasteiger partial charge in [0.2, 0.25) is 9.47 Å². The Bertz CT molecular complexity index is 457. The second-order valence-corrected chi connectivity index (χ2v) is 7.07. The maximum absolute atomic E-state index is 11.9. The van der Waals surface area contributed by atoms with Crippen molar-refractivity contribution >= 4 is 26.5 Å². The molecule has 0 saturated heterocycles. The summed E-state index contributed by atoms with van der Waals surface area (Å²) in [6.07, 6.45) is 1.82. The highest BCUT2D eigenvalue weighted by Gasteiger charge is 2.22. The number of nitrogen functional groups attached to an aromatic ring is 1. The van der Waals surface area contributed by atoms with Gasteiger partial charge in [-0.3, -0.25) is 0 Å². The number of sulfonamides is 1. The van der Waals surface area contributed by atoms with Crippen molar-refractivity contribution in [1.29, 1.82) is 0 Å². The molecular weight excluding hydrogens is 260 g/mol. The predicted octanol–water partition coefficient (Wildman–Crippen LogP) is 1.22. The highest BCUT2D eigenvalue weighted by molar-refractivity contribution is 7.91. The standard InChI is InChI=1S/C9H18N4O2S2/c1-4-6(2)5-7(3)13-17(14,15)9-12-11-8(10)16-9/h6-7,13H,4-5H2,1-3H3,(H2,10,11). The zero-order valence-corrected chi connectivity index (χ0v) is 11.8. The van der Waals surface area contributed by atoms with Crippen LogP contribution in [0.25, 0.3) is 0 Å². The predicted molar refractivity (Wildman–Crippen MR) is 68.2 cm³/mol. The average molecular weight is 278 g/mol. The van der Waals surface area contributed by atoms with E-state index in [1.807, 2.05) is 6.92 Å². The molecule has 98 valence electrons. The highest BCUT2D eigenvalue weighted by atomic mass is 32.2. The molecule has 0 saturated carbocycles. The fraction of sp³-hybridized carbons (Fsp3) is 0.778. The first kappa shape index (κ1) is 14.3. The van der Waals surface area contributed by atoms with Crippen LogP contribution in [0.3, 0.4) is 0 Å². The third-order valence-corrected chi connectivity index (χ3v) is 5.17. The van der Waals surface area contributed by atoms with Crippen LogP contribution in [0.15, 0.2) is 4.34 Å². The molecule has 3 N–H and O–H groups in total. The van der Waals surface area contributed by atoms with E-state index in [-0.39, 0.29) is 15.5 Å². The fourth-order valence-electron chi connectivity index (χ4n) is 1.46. The third-order valence-electron chi connectivity index (χ3n) is 2.46. The number of hydrogen-bond donors (Lipinski definition) is 2. The van der Waals surface area contributed by atoms with Gasteiger partial charge >= 0.3 is 0 Å². The first-order chi connectivity index (χ1) is 7.85. The fourth-order valence-corrected chi connectivity index (χ4v) is 3.52. The second kappa shape index (κ2) is 5.74. The first-order valence-electron chi connectivity index (χ1n) is 5.46. The van der Waals surface area contributed by atoms with Gasteiger partial charge in [-0.1, -0.05) is 31.6 Å². The van der Waals surface area contributed by atoms with Crippen molar-refractivity contribution in [2.24, 2.45) is 5.92 Å². The number of nitrogens with two attached hydrogens (primary N) is 1. The lowest BCUT2D eigenvalue weighted by Crippen LogP contribution is -2.33. The van der Waals surface area contributed by atoms with Gasteiger partial charge in [-0.25, -0.2) is 13.1 Å². The van der Waals surface area contributed by atoms with Crippen LogP contribution in [0, 0.1) is 5.92 Å². The summed E-state index contributed by atoms with van der Waals surface area (Å²) < 4.78 is 26.2. The molecular formula is C9H18N4O2S2. The van der Waals surface area contributed by atoms with Gasteiger partial charge in [0.05, 0.1) is 0 Å². The van der Waals surface area contributed by atoms with Gasteiger partial charge in [0.15, 0.2) is 0 Å². The molecule has 0 spiro atoms. The minimum atomic E-state index is -3.58. The van der Waals surface area contributed by atoms with E-state index in [9.17, 15) is 8.42 Å². The van der Waals surface area contributed by atoms with Gasteiger partial charge in [0.25, 0.3) is 10.0 Å². The van der Waals surface area contributed by atoms with Crippen molar-refractivity contribution in [3.8, 4) is 0 Å². The Morgan fingerprint density at radius 2 is 2.06 bits per heavy atom. The summed E-state index contributed by atoms with van der Waals surface area (Å²) in [5, 5.41) is 7.18. The summed E-state index contributed by atoms with van der Waals surface area (Å²) in [5.41, 5.74) is 5.36. The van der Waals surface area contributed by atoms with Crippen LogP contribution in [-0.2, 0) is 10.0 Å². The molecule has 8 heteroatoms. The summed E-state index contributed by atoms with van der Waals surface area (Å²) in [4.78, 5) is 0. The molecule has 0 radical (unpaired) electrons. The largest absolute Gasteiger partial charge is 0.374 e. The topological polar surface area (TPSA) is 98.0 Å². The van der Waals surface area contributed by atoms with Crippen molar-refractivity contribution in [2.75, 3.05) is 5.73 Å². The highest BCUT2D eigenvalue weighted by Crippen LogP contribution is 2.18. The van der Waals surface area contributed by atoms with Crippen LogP contribution in [0.4, 0.5) is 5.13 Å². The summed E-state index contributed by atoms with van der Waals surface area (Å²) in [6.45, 7) is 6.01. The molecule has 0 fully saturated rings. The molecule has 2 atom stereocenters. The lowest BCUT2D eigenvalue weighted by atomic mass is 10.0. The Labute approximate surface area is 106 Å². The molecule has 0 aliphatic heterocycles. The van der Waals surface area contributed by atoms with Crippen LogP contribution in [0.1, 0.15) is 33.6 Å². The van der Waals surface area contributed by atoms with Gasteiger partial charge in [-0.05, 0) is 19.3 Å². The Kier molecular flexibility index (Phi) is 4.84. The second-order valence-electron chi connectivity index (χ2n) is 4.18. The average Bonchev–Trinajstić information content (AvgIpc) is 2.64. The van der Waals surface area contributed by atoms with Gasteiger partial charge in [-0.2, -0.15) is 0 Å². The van der Waals surface area contributed by atoms with Crippen LogP contribution in [-0.4, -0.2) is 24.7 Å². The van der Waals surface area contributed by atoms with E-state index in [0.717, 1.165) is 24.2 Å². The van der Waals surface area contributed by atoms with E-state index < -0.39 is 10.0 Å². The van der Waals surface area contributed by atoms with Crippen molar-refractivity contribution in [3.05, 3.63) is 0 Å². The number of nitrogens with zero attached hydrogens (tertiary/aromatic N) is 2.